The molecule has 31 heavy (non-hydrogen) atoms. The maximum atomic E-state index is 14.2. The van der Waals surface area contributed by atoms with Gasteiger partial charge in [-0.1, -0.05) is 36.4 Å². The summed E-state index contributed by atoms with van der Waals surface area (Å²) in [6, 6.07) is 19.9. The maximum Gasteiger partial charge on any atom is 0.275 e. The summed E-state index contributed by atoms with van der Waals surface area (Å²) in [6.07, 6.45) is 1.56. The van der Waals surface area contributed by atoms with E-state index in [9.17, 15) is 9.18 Å². The highest BCUT2D eigenvalue weighted by atomic mass is 19.1. The molecule has 0 bridgehead atoms. The number of nitrogens with one attached hydrogen (secondary N) is 1. The van der Waals surface area contributed by atoms with Crippen LogP contribution in [-0.2, 0) is 0 Å². The van der Waals surface area contributed by atoms with Crippen molar-refractivity contribution in [1.82, 2.24) is 9.99 Å². The van der Waals surface area contributed by atoms with Crippen molar-refractivity contribution in [2.75, 3.05) is 7.11 Å². The molecule has 1 amide bonds. The number of nitrogens with zero attached hydrogens (tertiary/aromatic N) is 2. The molecule has 0 aliphatic carbocycles. The third kappa shape index (κ3) is 3.92. The van der Waals surface area contributed by atoms with Crippen molar-refractivity contribution in [1.29, 1.82) is 0 Å². The molecule has 0 saturated carbocycles. The highest BCUT2D eigenvalue weighted by Crippen LogP contribution is 2.26. The summed E-state index contributed by atoms with van der Waals surface area (Å²) in [4.78, 5) is 12.7. The van der Waals surface area contributed by atoms with Crippen molar-refractivity contribution >= 4 is 22.9 Å². The number of amides is 1. The Labute approximate surface area is 179 Å². The fraction of sp³-hybridized carbons (Fsp3) is 0.120. The number of ether oxygens (including phenoxy) is 1. The van der Waals surface area contributed by atoms with E-state index in [1.54, 1.807) is 30.5 Å². The minimum atomic E-state index is -0.373. The minimum absolute atomic E-state index is 0.301. The van der Waals surface area contributed by atoms with E-state index in [4.69, 9.17) is 4.74 Å². The zero-order valence-corrected chi connectivity index (χ0v) is 17.5. The van der Waals surface area contributed by atoms with Crippen LogP contribution in [0.2, 0.25) is 0 Å². The monoisotopic (exact) mass is 415 g/mol. The molecule has 0 unspecified atom stereocenters. The molecule has 0 atom stereocenters. The van der Waals surface area contributed by atoms with Gasteiger partial charge in [0, 0.05) is 17.0 Å². The van der Waals surface area contributed by atoms with Crippen LogP contribution in [0.5, 0.6) is 5.75 Å². The second kappa shape index (κ2) is 8.44. The number of para-hydroxylation sites is 1. The average molecular weight is 415 g/mol. The van der Waals surface area contributed by atoms with Crippen molar-refractivity contribution < 1.29 is 13.9 Å². The van der Waals surface area contributed by atoms with Crippen LogP contribution in [0.15, 0.2) is 71.8 Å². The topological polar surface area (TPSA) is 55.6 Å². The zero-order valence-electron chi connectivity index (χ0n) is 17.5. The zero-order chi connectivity index (χ0) is 22.0. The van der Waals surface area contributed by atoms with Gasteiger partial charge in [-0.05, 0) is 55.0 Å². The molecule has 3 aromatic carbocycles. The van der Waals surface area contributed by atoms with Crippen LogP contribution in [0, 0.1) is 19.7 Å². The van der Waals surface area contributed by atoms with Gasteiger partial charge in [0.1, 0.15) is 11.6 Å². The summed E-state index contributed by atoms with van der Waals surface area (Å²) in [5, 5.41) is 6.04. The van der Waals surface area contributed by atoms with Crippen molar-refractivity contribution in [3.8, 4) is 11.4 Å². The number of hydrogen-bond acceptors (Lipinski definition) is 3. The van der Waals surface area contributed by atoms with E-state index < -0.39 is 0 Å². The first-order valence-corrected chi connectivity index (χ1v) is 9.83. The van der Waals surface area contributed by atoms with Gasteiger partial charge in [-0.2, -0.15) is 5.10 Å². The third-order valence-corrected chi connectivity index (χ3v) is 5.25. The van der Waals surface area contributed by atoms with Gasteiger partial charge in [0.15, 0.2) is 0 Å². The van der Waals surface area contributed by atoms with Gasteiger partial charge in [0.25, 0.3) is 5.91 Å². The van der Waals surface area contributed by atoms with Crippen LogP contribution in [-0.4, -0.2) is 23.8 Å². The summed E-state index contributed by atoms with van der Waals surface area (Å²) >= 11 is 0. The van der Waals surface area contributed by atoms with E-state index in [2.05, 4.69) is 10.5 Å². The third-order valence-electron chi connectivity index (χ3n) is 5.25. The second-order valence-electron chi connectivity index (χ2n) is 7.21. The molecule has 0 aliphatic heterocycles. The standard InChI is InChI=1S/C25H22FN3O2/c1-16-12-20(17(2)29(16)23-11-7-6-10-22(23)26)15-27-28-25(30)21-13-18-8-4-5-9-19(18)14-24(21)31-3/h4-15H,1-3H3,(H,28,30). The molecular formula is C25H22FN3O2. The van der Waals surface area contributed by atoms with Gasteiger partial charge >= 0.3 is 0 Å². The SMILES string of the molecule is COc1cc2ccccc2cc1C(=O)NN=Cc1cc(C)n(-c2ccccc2F)c1C. The molecule has 6 heteroatoms. The molecule has 1 N–H and O–H groups in total. The molecule has 0 fully saturated rings. The Morgan fingerprint density at radius 3 is 2.42 bits per heavy atom. The van der Waals surface area contributed by atoms with Crippen LogP contribution >= 0.6 is 0 Å². The molecule has 4 aromatic rings. The van der Waals surface area contributed by atoms with E-state index in [1.165, 1.54) is 13.2 Å². The number of carbonyl (C=O) groups is 1. The van der Waals surface area contributed by atoms with Gasteiger partial charge in [-0.25, -0.2) is 9.82 Å². The summed E-state index contributed by atoms with van der Waals surface area (Å²) in [5.41, 5.74) is 5.91. The molecule has 4 rings (SSSR count). The molecule has 1 heterocycles. The lowest BCUT2D eigenvalue weighted by Crippen LogP contribution is -2.18. The molecule has 0 saturated heterocycles. The Balaban J connectivity index is 1.58. The summed E-state index contributed by atoms with van der Waals surface area (Å²) in [6.45, 7) is 3.78. The fourth-order valence-electron chi connectivity index (χ4n) is 3.71. The first kappa shape index (κ1) is 20.3. The summed E-state index contributed by atoms with van der Waals surface area (Å²) < 4.78 is 21.5. The number of rotatable bonds is 5. The molecule has 1 aromatic heterocycles. The molecule has 156 valence electrons. The summed E-state index contributed by atoms with van der Waals surface area (Å²) in [5.74, 6) is -0.199. The largest absolute Gasteiger partial charge is 0.496 e. The predicted octanol–water partition coefficient (Wildman–Crippen LogP) is 5.16. The number of aromatic nitrogens is 1. The van der Waals surface area contributed by atoms with Crippen molar-refractivity contribution in [3.63, 3.8) is 0 Å². The number of benzene rings is 3. The lowest BCUT2D eigenvalue weighted by molar-refractivity contribution is 0.0952. The van der Waals surface area contributed by atoms with E-state index in [0.29, 0.717) is 17.0 Å². The first-order valence-electron chi connectivity index (χ1n) is 9.83. The van der Waals surface area contributed by atoms with Crippen LogP contribution in [0.25, 0.3) is 16.5 Å². The number of halogens is 1. The van der Waals surface area contributed by atoms with Crippen LogP contribution in [0.4, 0.5) is 4.39 Å². The average Bonchev–Trinajstić information content (AvgIpc) is 3.06. The number of methoxy groups -OCH3 is 1. The van der Waals surface area contributed by atoms with E-state index in [-0.39, 0.29) is 11.7 Å². The fourth-order valence-corrected chi connectivity index (χ4v) is 3.71. The molecule has 0 aliphatic rings. The molecule has 5 nitrogen and oxygen atoms in total. The Morgan fingerprint density at radius 1 is 1.03 bits per heavy atom. The second-order valence-corrected chi connectivity index (χ2v) is 7.21. The lowest BCUT2D eigenvalue weighted by Gasteiger charge is -2.10. The van der Waals surface area contributed by atoms with E-state index in [1.807, 2.05) is 54.8 Å². The molecule has 0 spiro atoms. The molecule has 0 radical (unpaired) electrons. The summed E-state index contributed by atoms with van der Waals surface area (Å²) in [7, 11) is 1.53. The van der Waals surface area contributed by atoms with Gasteiger partial charge < -0.3 is 9.30 Å². The van der Waals surface area contributed by atoms with Crippen molar-refractivity contribution in [2.45, 2.75) is 13.8 Å². The predicted molar refractivity (Wildman–Crippen MR) is 121 cm³/mol. The number of aryl methyl sites for hydroxylation is 1. The number of hydrogen-bond donors (Lipinski definition) is 1. The van der Waals surface area contributed by atoms with Crippen molar-refractivity contribution in [3.05, 3.63) is 95.1 Å². The quantitative estimate of drug-likeness (QED) is 0.362. The Bertz CT molecular complexity index is 1310. The number of fused-ring (bicyclic) bond motifs is 1. The molecular weight excluding hydrogens is 393 g/mol. The van der Waals surface area contributed by atoms with Crippen LogP contribution < -0.4 is 10.2 Å². The van der Waals surface area contributed by atoms with Crippen LogP contribution in [0.3, 0.4) is 0 Å². The lowest BCUT2D eigenvalue weighted by atomic mass is 10.1. The highest BCUT2D eigenvalue weighted by molar-refractivity contribution is 6.02. The smallest absolute Gasteiger partial charge is 0.275 e. The maximum absolute atomic E-state index is 14.2. The number of hydrazone groups is 1. The van der Waals surface area contributed by atoms with Crippen LogP contribution in [0.1, 0.15) is 27.3 Å². The van der Waals surface area contributed by atoms with E-state index >= 15 is 0 Å². The van der Waals surface area contributed by atoms with Gasteiger partial charge in [0.2, 0.25) is 0 Å². The Hall–Kier alpha value is -3.93. The highest BCUT2D eigenvalue weighted by Gasteiger charge is 2.14. The normalized spacial score (nSPS) is 11.2. The Morgan fingerprint density at radius 2 is 1.71 bits per heavy atom. The van der Waals surface area contributed by atoms with Crippen molar-refractivity contribution in [2.24, 2.45) is 5.10 Å². The number of carbonyl (C=O) groups excluding carboxylic acids is 1. The van der Waals surface area contributed by atoms with Gasteiger partial charge in [-0.3, -0.25) is 4.79 Å². The van der Waals surface area contributed by atoms with Gasteiger partial charge in [0.05, 0.1) is 24.6 Å². The van der Waals surface area contributed by atoms with E-state index in [0.717, 1.165) is 27.7 Å². The van der Waals surface area contributed by atoms with Gasteiger partial charge in [-0.15, -0.1) is 0 Å². The minimum Gasteiger partial charge on any atom is -0.496 e. The first-order chi connectivity index (χ1) is 15.0. The Kier molecular flexibility index (Phi) is 5.54.